The number of primary amides is 1. The molecule has 0 spiro atoms. The van der Waals surface area contributed by atoms with Gasteiger partial charge >= 0.3 is 6.03 Å². The van der Waals surface area contributed by atoms with Gasteiger partial charge in [0.25, 0.3) is 5.56 Å². The molecule has 7 nitrogen and oxygen atoms in total. The average molecular weight is 451 g/mol. The minimum atomic E-state index is -0.886. The summed E-state index contributed by atoms with van der Waals surface area (Å²) in [7, 11) is 0. The second kappa shape index (κ2) is 9.15. The van der Waals surface area contributed by atoms with Crippen LogP contribution in [0.25, 0.3) is 26.3 Å². The van der Waals surface area contributed by atoms with E-state index in [1.54, 1.807) is 4.57 Å². The molecule has 3 amide bonds. The van der Waals surface area contributed by atoms with Crippen LogP contribution in [0.1, 0.15) is 6.42 Å². The van der Waals surface area contributed by atoms with Gasteiger partial charge < -0.3 is 5.73 Å². The van der Waals surface area contributed by atoms with Crippen LogP contribution in [-0.4, -0.2) is 27.2 Å². The molecule has 3 N–H and O–H groups in total. The maximum absolute atomic E-state index is 13.4. The van der Waals surface area contributed by atoms with Gasteiger partial charge in [0.2, 0.25) is 5.91 Å². The predicted octanol–water partition coefficient (Wildman–Crippen LogP) is 3.79. The molecule has 0 fully saturated rings. The van der Waals surface area contributed by atoms with E-state index in [0.717, 1.165) is 10.4 Å². The van der Waals surface area contributed by atoms with Crippen molar-refractivity contribution in [2.75, 3.05) is 5.75 Å². The number of amides is 3. The Morgan fingerprint density at radius 1 is 1.06 bits per heavy atom. The van der Waals surface area contributed by atoms with Crippen LogP contribution >= 0.6 is 23.1 Å². The second-order valence-electron chi connectivity index (χ2n) is 6.58. The second-order valence-corrected chi connectivity index (χ2v) is 8.67. The summed E-state index contributed by atoms with van der Waals surface area (Å²) in [6.45, 7) is 0. The number of nitrogens with one attached hydrogen (secondary N) is 1. The smallest absolute Gasteiger partial charge is 0.318 e. The summed E-state index contributed by atoms with van der Waals surface area (Å²) < 4.78 is 1.56. The molecule has 2 aromatic carbocycles. The molecule has 4 aromatic rings. The minimum Gasteiger partial charge on any atom is -0.351 e. The van der Waals surface area contributed by atoms with E-state index < -0.39 is 11.9 Å². The fourth-order valence-electron chi connectivity index (χ4n) is 3.04. The quantitative estimate of drug-likeness (QED) is 0.343. The number of thiophene rings is 1. The van der Waals surface area contributed by atoms with Crippen LogP contribution in [0.4, 0.5) is 4.79 Å². The van der Waals surface area contributed by atoms with Gasteiger partial charge in [0.1, 0.15) is 4.83 Å². The van der Waals surface area contributed by atoms with Crippen molar-refractivity contribution in [3.8, 4) is 16.1 Å². The number of nitrogens with two attached hydrogens (primary N) is 1. The first kappa shape index (κ1) is 20.8. The highest BCUT2D eigenvalue weighted by Crippen LogP contribution is 2.32. The summed E-state index contributed by atoms with van der Waals surface area (Å²) in [4.78, 5) is 42.3. The first-order valence-corrected chi connectivity index (χ1v) is 11.2. The van der Waals surface area contributed by atoms with Gasteiger partial charge in [0.05, 0.1) is 11.1 Å². The van der Waals surface area contributed by atoms with Gasteiger partial charge in [-0.25, -0.2) is 9.78 Å². The highest BCUT2D eigenvalue weighted by molar-refractivity contribution is 7.99. The Kier molecular flexibility index (Phi) is 6.15. The number of thioether (sulfide) groups is 1. The van der Waals surface area contributed by atoms with Crippen molar-refractivity contribution >= 4 is 45.3 Å². The van der Waals surface area contributed by atoms with Gasteiger partial charge in [-0.3, -0.25) is 19.5 Å². The minimum absolute atomic E-state index is 0.0655. The van der Waals surface area contributed by atoms with Gasteiger partial charge in [0.15, 0.2) is 5.16 Å². The first-order valence-electron chi connectivity index (χ1n) is 9.42. The van der Waals surface area contributed by atoms with Crippen molar-refractivity contribution in [2.45, 2.75) is 11.6 Å². The molecule has 2 heterocycles. The Balaban J connectivity index is 1.75. The number of benzene rings is 2. The fraction of sp³-hybridized carbons (Fsp3) is 0.0909. The molecule has 0 unspecified atom stereocenters. The molecule has 0 atom stereocenters. The maximum atomic E-state index is 13.4. The van der Waals surface area contributed by atoms with Crippen LogP contribution in [-0.2, 0) is 4.79 Å². The number of urea groups is 1. The third-order valence-corrected chi connectivity index (χ3v) is 6.45. The summed E-state index contributed by atoms with van der Waals surface area (Å²) in [6.07, 6.45) is 0.0655. The molecule has 0 aliphatic rings. The summed E-state index contributed by atoms with van der Waals surface area (Å²) in [5.74, 6) is -0.141. The van der Waals surface area contributed by atoms with Gasteiger partial charge in [-0.05, 0) is 23.8 Å². The standard InChI is InChI=1S/C22H18N4O3S2/c23-21(29)24-18(27)11-12-30-22-25-19-16(13-17(31-19)14-7-3-1-4-8-14)20(28)26(22)15-9-5-2-6-10-15/h1-10,13H,11-12H2,(H3,23,24,27,29). The topological polar surface area (TPSA) is 107 Å². The van der Waals surface area contributed by atoms with Gasteiger partial charge in [-0.15, -0.1) is 11.3 Å². The molecule has 0 aliphatic carbocycles. The molecule has 0 saturated carbocycles. The van der Waals surface area contributed by atoms with Crippen LogP contribution in [0.15, 0.2) is 76.7 Å². The zero-order valence-corrected chi connectivity index (χ0v) is 17.9. The first-order chi connectivity index (χ1) is 15.0. The molecule has 9 heteroatoms. The number of carbonyl (C=O) groups is 2. The van der Waals surface area contributed by atoms with E-state index in [1.165, 1.54) is 23.1 Å². The Hall–Kier alpha value is -3.43. The van der Waals surface area contributed by atoms with Crippen molar-refractivity contribution in [1.82, 2.24) is 14.9 Å². The Bertz CT molecular complexity index is 1300. The molecule has 0 bridgehead atoms. The number of imide groups is 1. The maximum Gasteiger partial charge on any atom is 0.318 e. The van der Waals surface area contributed by atoms with E-state index in [-0.39, 0.29) is 12.0 Å². The molecule has 0 saturated heterocycles. The molecular weight excluding hydrogens is 432 g/mol. The molecule has 0 radical (unpaired) electrons. The Morgan fingerprint density at radius 3 is 2.42 bits per heavy atom. The molecule has 4 rings (SSSR count). The summed E-state index contributed by atoms with van der Waals surface area (Å²) >= 11 is 2.73. The van der Waals surface area contributed by atoms with Gasteiger partial charge in [-0.1, -0.05) is 60.3 Å². The lowest BCUT2D eigenvalue weighted by Crippen LogP contribution is -2.35. The number of nitrogens with zero attached hydrogens (tertiary/aromatic N) is 2. The van der Waals surface area contributed by atoms with E-state index in [1.807, 2.05) is 72.0 Å². The zero-order valence-electron chi connectivity index (χ0n) is 16.3. The molecule has 0 aliphatic heterocycles. The van der Waals surface area contributed by atoms with E-state index in [0.29, 0.717) is 26.8 Å². The monoisotopic (exact) mass is 450 g/mol. The van der Waals surface area contributed by atoms with Crippen molar-refractivity contribution in [3.05, 3.63) is 77.1 Å². The molecular formula is C22H18N4O3S2. The lowest BCUT2D eigenvalue weighted by atomic mass is 10.2. The zero-order chi connectivity index (χ0) is 21.8. The Labute approximate surface area is 185 Å². The van der Waals surface area contributed by atoms with Crippen LogP contribution in [0.5, 0.6) is 0 Å². The summed E-state index contributed by atoms with van der Waals surface area (Å²) in [5, 5.41) is 3.07. The predicted molar refractivity (Wildman–Crippen MR) is 124 cm³/mol. The highest BCUT2D eigenvalue weighted by atomic mass is 32.2. The third-order valence-electron chi connectivity index (χ3n) is 4.43. The van der Waals surface area contributed by atoms with Crippen molar-refractivity contribution in [2.24, 2.45) is 5.73 Å². The number of fused-ring (bicyclic) bond motifs is 1. The largest absolute Gasteiger partial charge is 0.351 e. The van der Waals surface area contributed by atoms with Crippen molar-refractivity contribution < 1.29 is 9.59 Å². The van der Waals surface area contributed by atoms with Crippen LogP contribution < -0.4 is 16.6 Å². The van der Waals surface area contributed by atoms with E-state index >= 15 is 0 Å². The van der Waals surface area contributed by atoms with Gasteiger partial charge in [-0.2, -0.15) is 0 Å². The highest BCUT2D eigenvalue weighted by Gasteiger charge is 2.17. The lowest BCUT2D eigenvalue weighted by molar-refractivity contribution is -0.119. The number of aromatic nitrogens is 2. The van der Waals surface area contributed by atoms with E-state index in [9.17, 15) is 14.4 Å². The molecule has 31 heavy (non-hydrogen) atoms. The molecule has 156 valence electrons. The Morgan fingerprint density at radius 2 is 1.74 bits per heavy atom. The van der Waals surface area contributed by atoms with Gasteiger partial charge in [0, 0.05) is 17.1 Å². The third kappa shape index (κ3) is 4.68. The normalized spacial score (nSPS) is 10.8. The summed E-state index contributed by atoms with van der Waals surface area (Å²) in [5.41, 5.74) is 6.52. The number of rotatable bonds is 6. The van der Waals surface area contributed by atoms with Crippen molar-refractivity contribution in [3.63, 3.8) is 0 Å². The van der Waals surface area contributed by atoms with Crippen LogP contribution in [0.2, 0.25) is 0 Å². The average Bonchev–Trinajstić information content (AvgIpc) is 3.19. The van der Waals surface area contributed by atoms with Crippen LogP contribution in [0, 0.1) is 0 Å². The number of hydrogen-bond acceptors (Lipinski definition) is 6. The number of carbonyl (C=O) groups excluding carboxylic acids is 2. The van der Waals surface area contributed by atoms with E-state index in [4.69, 9.17) is 10.7 Å². The van der Waals surface area contributed by atoms with Crippen molar-refractivity contribution in [1.29, 1.82) is 0 Å². The van der Waals surface area contributed by atoms with E-state index in [2.05, 4.69) is 0 Å². The molecule has 2 aromatic heterocycles. The SMILES string of the molecule is NC(=O)NC(=O)CCSc1nc2sc(-c3ccccc3)cc2c(=O)n1-c1ccccc1. The van der Waals surface area contributed by atoms with Crippen LogP contribution in [0.3, 0.4) is 0 Å². The number of para-hydroxylation sites is 1. The number of hydrogen-bond donors (Lipinski definition) is 2. The summed E-state index contributed by atoms with van der Waals surface area (Å²) in [6, 6.07) is 20.1. The fourth-order valence-corrected chi connectivity index (χ4v) is 5.07. The lowest BCUT2D eigenvalue weighted by Gasteiger charge is -2.11.